The van der Waals surface area contributed by atoms with E-state index in [0.29, 0.717) is 0 Å². The average Bonchev–Trinajstić information content (AvgIpc) is 3.22. The first-order valence-electron chi connectivity index (χ1n) is 8.91. The molecule has 3 rings (SSSR count). The van der Waals surface area contributed by atoms with Crippen molar-refractivity contribution in [3.63, 3.8) is 0 Å². The lowest BCUT2D eigenvalue weighted by atomic mass is 10.1. The molecule has 1 atom stereocenters. The lowest BCUT2D eigenvalue weighted by Gasteiger charge is -2.30. The lowest BCUT2D eigenvalue weighted by Crippen LogP contribution is -2.44. The highest BCUT2D eigenvalue weighted by molar-refractivity contribution is 7.80. The predicted molar refractivity (Wildman–Crippen MR) is 105 cm³/mol. The molecule has 1 aliphatic heterocycles. The molecule has 1 aliphatic rings. The molecular weight excluding hydrogens is 348 g/mol. The van der Waals surface area contributed by atoms with Crippen molar-refractivity contribution in [3.8, 4) is 5.69 Å². The van der Waals surface area contributed by atoms with Crippen LogP contribution in [0.25, 0.3) is 5.69 Å². The summed E-state index contributed by atoms with van der Waals surface area (Å²) < 4.78 is 7.12. The number of nitrogens with zero attached hydrogens (tertiary/aromatic N) is 5. The van der Waals surface area contributed by atoms with Crippen molar-refractivity contribution in [2.24, 2.45) is 0 Å². The maximum atomic E-state index is 5.56. The van der Waals surface area contributed by atoms with E-state index in [1.54, 1.807) is 11.0 Å². The van der Waals surface area contributed by atoms with Crippen LogP contribution in [0.15, 0.2) is 36.9 Å². The van der Waals surface area contributed by atoms with E-state index in [1.165, 1.54) is 11.9 Å². The van der Waals surface area contributed by atoms with Crippen molar-refractivity contribution in [2.45, 2.75) is 13.0 Å². The molecule has 0 unspecified atom stereocenters. The van der Waals surface area contributed by atoms with Crippen molar-refractivity contribution in [3.05, 3.63) is 42.5 Å². The summed E-state index contributed by atoms with van der Waals surface area (Å²) in [6, 6.07) is 8.48. The Balaban J connectivity index is 1.49. The maximum absolute atomic E-state index is 5.56. The third-order valence-electron chi connectivity index (χ3n) is 4.77. The van der Waals surface area contributed by atoms with Crippen LogP contribution >= 0.6 is 12.2 Å². The van der Waals surface area contributed by atoms with Crippen molar-refractivity contribution < 1.29 is 4.74 Å². The number of rotatable bonds is 6. The van der Waals surface area contributed by atoms with Crippen LogP contribution in [0.4, 0.5) is 0 Å². The van der Waals surface area contributed by atoms with Gasteiger partial charge < -0.3 is 15.0 Å². The Labute approximate surface area is 160 Å². The quantitative estimate of drug-likeness (QED) is 0.769. The zero-order valence-electron chi connectivity index (χ0n) is 15.3. The second-order valence-corrected chi connectivity index (χ2v) is 6.79. The number of hydrogen-bond donors (Lipinski definition) is 1. The molecule has 1 aromatic carbocycles. The fourth-order valence-corrected chi connectivity index (χ4v) is 3.18. The largest absolute Gasteiger partial charge is 0.379 e. The summed E-state index contributed by atoms with van der Waals surface area (Å²) in [6.45, 7) is 7.63. The Bertz CT molecular complexity index is 684. The minimum atomic E-state index is 0.184. The van der Waals surface area contributed by atoms with Gasteiger partial charge in [0.25, 0.3) is 0 Å². The molecule has 0 amide bonds. The molecule has 0 spiro atoms. The van der Waals surface area contributed by atoms with Gasteiger partial charge in [-0.05, 0) is 36.8 Å². The second kappa shape index (κ2) is 9.07. The third kappa shape index (κ3) is 4.78. The van der Waals surface area contributed by atoms with E-state index < -0.39 is 0 Å². The summed E-state index contributed by atoms with van der Waals surface area (Å²) in [6.07, 6.45) is 3.23. The lowest BCUT2D eigenvalue weighted by molar-refractivity contribution is 0.0388. The molecule has 26 heavy (non-hydrogen) atoms. The van der Waals surface area contributed by atoms with Crippen molar-refractivity contribution in [2.75, 3.05) is 46.4 Å². The fourth-order valence-electron chi connectivity index (χ4n) is 2.92. The summed E-state index contributed by atoms with van der Waals surface area (Å²) in [7, 11) is 2.03. The van der Waals surface area contributed by atoms with E-state index in [4.69, 9.17) is 17.0 Å². The summed E-state index contributed by atoms with van der Waals surface area (Å²) in [5, 5.41) is 8.29. The molecule has 1 fully saturated rings. The number of thiocarbonyl (C=S) groups is 1. The summed E-state index contributed by atoms with van der Waals surface area (Å²) in [4.78, 5) is 8.47. The summed E-state index contributed by atoms with van der Waals surface area (Å²) >= 11 is 5.56. The molecule has 0 bridgehead atoms. The number of ether oxygens (including phenoxy) is 1. The number of morpholine rings is 1. The van der Waals surface area contributed by atoms with E-state index in [-0.39, 0.29) is 6.04 Å². The van der Waals surface area contributed by atoms with Crippen LogP contribution in [0.1, 0.15) is 18.5 Å². The molecule has 0 aliphatic carbocycles. The summed E-state index contributed by atoms with van der Waals surface area (Å²) in [5.74, 6) is 0. The Hall–Kier alpha value is -2.03. The van der Waals surface area contributed by atoms with Crippen LogP contribution in [-0.4, -0.2) is 76.1 Å². The topological polar surface area (TPSA) is 58.5 Å². The van der Waals surface area contributed by atoms with Crippen LogP contribution < -0.4 is 5.32 Å². The van der Waals surface area contributed by atoms with E-state index >= 15 is 0 Å². The van der Waals surface area contributed by atoms with Gasteiger partial charge in [-0.3, -0.25) is 4.90 Å². The SMILES string of the molecule is C[C@@H](c1ccc(-n2cncn2)cc1)N(C)C(=S)NCCN1CCOCC1. The van der Waals surface area contributed by atoms with Gasteiger partial charge in [0, 0.05) is 33.2 Å². The molecule has 8 heteroatoms. The highest BCUT2D eigenvalue weighted by Crippen LogP contribution is 2.20. The van der Waals surface area contributed by atoms with Crippen molar-refractivity contribution in [1.29, 1.82) is 0 Å². The monoisotopic (exact) mass is 374 g/mol. The van der Waals surface area contributed by atoms with E-state index in [1.807, 2.05) is 19.2 Å². The van der Waals surface area contributed by atoms with Gasteiger partial charge in [0.2, 0.25) is 0 Å². The van der Waals surface area contributed by atoms with Gasteiger partial charge in [0.05, 0.1) is 24.9 Å². The standard InChI is InChI=1S/C18H26N6OS/c1-15(16-3-5-17(6-4-16)24-14-19-13-21-24)22(2)18(26)20-7-8-23-9-11-25-12-10-23/h3-6,13-15H,7-12H2,1-2H3,(H,20,26)/t15-/m0/s1. The molecule has 140 valence electrons. The number of aromatic nitrogens is 3. The molecule has 1 saturated heterocycles. The number of hydrogen-bond acceptors (Lipinski definition) is 5. The number of nitrogens with one attached hydrogen (secondary N) is 1. The first-order chi connectivity index (χ1) is 12.6. The van der Waals surface area contributed by atoms with E-state index in [9.17, 15) is 0 Å². The predicted octanol–water partition coefficient (Wildman–Crippen LogP) is 1.47. The molecule has 2 heterocycles. The Kier molecular flexibility index (Phi) is 6.54. The first kappa shape index (κ1) is 18.8. The average molecular weight is 375 g/mol. The second-order valence-electron chi connectivity index (χ2n) is 6.40. The Morgan fingerprint density at radius 2 is 2.04 bits per heavy atom. The molecular formula is C18H26N6OS. The zero-order chi connectivity index (χ0) is 18.4. The normalized spacial score (nSPS) is 16.2. The number of benzene rings is 1. The molecule has 1 N–H and O–H groups in total. The van der Waals surface area contributed by atoms with Gasteiger partial charge in [-0.25, -0.2) is 9.67 Å². The van der Waals surface area contributed by atoms with E-state index in [0.717, 1.165) is 50.2 Å². The molecule has 7 nitrogen and oxygen atoms in total. The zero-order valence-corrected chi connectivity index (χ0v) is 16.2. The molecule has 2 aromatic rings. The third-order valence-corrected chi connectivity index (χ3v) is 5.20. The van der Waals surface area contributed by atoms with Gasteiger partial charge in [0.1, 0.15) is 12.7 Å². The van der Waals surface area contributed by atoms with Crippen LogP contribution in [0.2, 0.25) is 0 Å². The first-order valence-corrected chi connectivity index (χ1v) is 9.31. The van der Waals surface area contributed by atoms with E-state index in [2.05, 4.69) is 44.3 Å². The smallest absolute Gasteiger partial charge is 0.169 e. The van der Waals surface area contributed by atoms with Crippen molar-refractivity contribution in [1.82, 2.24) is 29.9 Å². The molecule has 1 aromatic heterocycles. The van der Waals surface area contributed by atoms with Crippen LogP contribution in [0, 0.1) is 0 Å². The fraction of sp³-hybridized carbons (Fsp3) is 0.500. The van der Waals surface area contributed by atoms with Crippen LogP contribution in [-0.2, 0) is 4.74 Å². The molecule has 0 radical (unpaired) electrons. The van der Waals surface area contributed by atoms with Crippen LogP contribution in [0.3, 0.4) is 0 Å². The maximum Gasteiger partial charge on any atom is 0.169 e. The van der Waals surface area contributed by atoms with Gasteiger partial charge in [0.15, 0.2) is 5.11 Å². The van der Waals surface area contributed by atoms with Crippen LogP contribution in [0.5, 0.6) is 0 Å². The Morgan fingerprint density at radius 3 is 2.69 bits per heavy atom. The van der Waals surface area contributed by atoms with Gasteiger partial charge in [-0.2, -0.15) is 5.10 Å². The van der Waals surface area contributed by atoms with Gasteiger partial charge in [-0.15, -0.1) is 0 Å². The van der Waals surface area contributed by atoms with Gasteiger partial charge >= 0.3 is 0 Å². The van der Waals surface area contributed by atoms with Gasteiger partial charge in [-0.1, -0.05) is 12.1 Å². The minimum absolute atomic E-state index is 0.184. The van der Waals surface area contributed by atoms with Crippen molar-refractivity contribution >= 4 is 17.3 Å². The highest BCUT2D eigenvalue weighted by Gasteiger charge is 2.15. The molecule has 0 saturated carbocycles. The minimum Gasteiger partial charge on any atom is -0.379 e. The highest BCUT2D eigenvalue weighted by atomic mass is 32.1. The summed E-state index contributed by atoms with van der Waals surface area (Å²) in [5.41, 5.74) is 2.20. The Morgan fingerprint density at radius 1 is 1.31 bits per heavy atom.